The third kappa shape index (κ3) is 1.74. The lowest BCUT2D eigenvalue weighted by Crippen LogP contribution is -2.32. The molecule has 5 heteroatoms. The second kappa shape index (κ2) is 3.32. The lowest BCUT2D eigenvalue weighted by molar-refractivity contribution is -0.286. The Morgan fingerprint density at radius 2 is 1.71 bits per heavy atom. The van der Waals surface area contributed by atoms with Crippen molar-refractivity contribution in [2.24, 2.45) is 5.73 Å². The highest BCUT2D eigenvalue weighted by atomic mass is 19.3. The SMILES string of the molecule is NC1(c2ccc3c(c2)OC(F)(F)O3)CCCC1. The van der Waals surface area contributed by atoms with Crippen molar-refractivity contribution in [3.05, 3.63) is 23.8 Å². The highest BCUT2D eigenvalue weighted by molar-refractivity contribution is 5.47. The largest absolute Gasteiger partial charge is 0.586 e. The summed E-state index contributed by atoms with van der Waals surface area (Å²) in [7, 11) is 0. The molecule has 0 unspecified atom stereocenters. The molecule has 1 saturated carbocycles. The van der Waals surface area contributed by atoms with Crippen LogP contribution in [0.15, 0.2) is 18.2 Å². The summed E-state index contributed by atoms with van der Waals surface area (Å²) in [6.07, 6.45) is 0.340. The van der Waals surface area contributed by atoms with Crippen molar-refractivity contribution in [2.75, 3.05) is 0 Å². The van der Waals surface area contributed by atoms with Gasteiger partial charge in [0.15, 0.2) is 11.5 Å². The molecule has 3 rings (SSSR count). The van der Waals surface area contributed by atoms with Crippen molar-refractivity contribution < 1.29 is 18.3 Å². The van der Waals surface area contributed by atoms with Gasteiger partial charge >= 0.3 is 6.29 Å². The number of ether oxygens (including phenoxy) is 2. The average Bonchev–Trinajstić information content (AvgIpc) is 2.79. The Bertz CT molecular complexity index is 456. The maximum atomic E-state index is 12.9. The van der Waals surface area contributed by atoms with Gasteiger partial charge in [0.1, 0.15) is 0 Å². The number of nitrogens with two attached hydrogens (primary N) is 1. The molecule has 2 N–H and O–H groups in total. The van der Waals surface area contributed by atoms with Gasteiger partial charge in [-0.1, -0.05) is 18.9 Å². The normalized spacial score (nSPS) is 23.9. The summed E-state index contributed by atoms with van der Waals surface area (Å²) in [6, 6.07) is 4.81. The zero-order chi connectivity index (χ0) is 12.1. The minimum absolute atomic E-state index is 0.0698. The Hall–Kier alpha value is -1.36. The van der Waals surface area contributed by atoms with Crippen LogP contribution in [0.2, 0.25) is 0 Å². The Kier molecular flexibility index (Phi) is 2.10. The van der Waals surface area contributed by atoms with Crippen molar-refractivity contribution in [3.63, 3.8) is 0 Å². The van der Waals surface area contributed by atoms with Gasteiger partial charge in [-0.05, 0) is 30.5 Å². The molecular weight excluding hydrogens is 228 g/mol. The molecule has 1 fully saturated rings. The Balaban J connectivity index is 1.95. The molecule has 0 saturated heterocycles. The monoisotopic (exact) mass is 241 g/mol. The molecule has 0 bridgehead atoms. The molecule has 3 nitrogen and oxygen atoms in total. The Morgan fingerprint density at radius 1 is 1.06 bits per heavy atom. The fourth-order valence-corrected chi connectivity index (χ4v) is 2.55. The molecule has 1 aromatic carbocycles. The number of hydrogen-bond donors (Lipinski definition) is 1. The smallest absolute Gasteiger partial charge is 0.395 e. The minimum atomic E-state index is -3.56. The van der Waals surface area contributed by atoms with Crippen LogP contribution < -0.4 is 15.2 Å². The first-order chi connectivity index (χ1) is 7.99. The lowest BCUT2D eigenvalue weighted by Gasteiger charge is -2.24. The fraction of sp³-hybridized carbons (Fsp3) is 0.500. The van der Waals surface area contributed by atoms with Gasteiger partial charge in [0.05, 0.1) is 0 Å². The maximum absolute atomic E-state index is 12.9. The van der Waals surface area contributed by atoms with E-state index in [-0.39, 0.29) is 11.5 Å². The molecule has 1 aliphatic carbocycles. The molecular formula is C12H13F2NO2. The van der Waals surface area contributed by atoms with Crippen LogP contribution in [0.25, 0.3) is 0 Å². The Labute approximate surface area is 97.5 Å². The van der Waals surface area contributed by atoms with Gasteiger partial charge in [-0.2, -0.15) is 0 Å². The third-order valence-corrected chi connectivity index (χ3v) is 3.47. The molecule has 1 aliphatic heterocycles. The average molecular weight is 241 g/mol. The second-order valence-electron chi connectivity index (χ2n) is 4.69. The molecule has 2 aliphatic rings. The minimum Gasteiger partial charge on any atom is -0.395 e. The summed E-state index contributed by atoms with van der Waals surface area (Å²) < 4.78 is 34.5. The first-order valence-electron chi connectivity index (χ1n) is 5.68. The van der Waals surface area contributed by atoms with Crippen molar-refractivity contribution in [2.45, 2.75) is 37.5 Å². The van der Waals surface area contributed by atoms with E-state index in [1.54, 1.807) is 12.1 Å². The van der Waals surface area contributed by atoms with Crippen LogP contribution in [0, 0.1) is 0 Å². The van der Waals surface area contributed by atoms with Crippen molar-refractivity contribution in [3.8, 4) is 11.5 Å². The first-order valence-corrected chi connectivity index (χ1v) is 5.68. The van der Waals surface area contributed by atoms with Crippen LogP contribution in [0.3, 0.4) is 0 Å². The van der Waals surface area contributed by atoms with Crippen LogP contribution in [0.5, 0.6) is 11.5 Å². The van der Waals surface area contributed by atoms with Gasteiger partial charge < -0.3 is 15.2 Å². The third-order valence-electron chi connectivity index (χ3n) is 3.47. The summed E-state index contributed by atoms with van der Waals surface area (Å²) in [5.74, 6) is 0.143. The highest BCUT2D eigenvalue weighted by Crippen LogP contribution is 2.45. The number of halogens is 2. The van der Waals surface area contributed by atoms with Gasteiger partial charge in [0, 0.05) is 5.54 Å². The van der Waals surface area contributed by atoms with Gasteiger partial charge in [-0.3, -0.25) is 0 Å². The molecule has 0 atom stereocenters. The summed E-state index contributed by atoms with van der Waals surface area (Å²) in [5.41, 5.74) is 6.69. The summed E-state index contributed by atoms with van der Waals surface area (Å²) in [5, 5.41) is 0. The van der Waals surface area contributed by atoms with E-state index in [4.69, 9.17) is 5.73 Å². The summed E-state index contributed by atoms with van der Waals surface area (Å²) in [6.45, 7) is 0. The van der Waals surface area contributed by atoms with E-state index in [2.05, 4.69) is 9.47 Å². The van der Waals surface area contributed by atoms with E-state index in [0.717, 1.165) is 31.2 Å². The molecule has 92 valence electrons. The van der Waals surface area contributed by atoms with Crippen LogP contribution in [-0.4, -0.2) is 6.29 Å². The zero-order valence-corrected chi connectivity index (χ0v) is 9.21. The standard InChI is InChI=1S/C12H13F2NO2/c13-12(14)16-9-4-3-8(7-10(9)17-12)11(15)5-1-2-6-11/h3-4,7H,1-2,5-6,15H2. The van der Waals surface area contributed by atoms with E-state index in [1.807, 2.05) is 0 Å². The van der Waals surface area contributed by atoms with E-state index < -0.39 is 11.8 Å². The van der Waals surface area contributed by atoms with Gasteiger partial charge in [-0.25, -0.2) is 0 Å². The zero-order valence-electron chi connectivity index (χ0n) is 9.21. The Morgan fingerprint density at radius 3 is 2.41 bits per heavy atom. The molecule has 17 heavy (non-hydrogen) atoms. The highest BCUT2D eigenvalue weighted by Gasteiger charge is 2.44. The number of hydrogen-bond acceptors (Lipinski definition) is 3. The van der Waals surface area contributed by atoms with Crippen LogP contribution >= 0.6 is 0 Å². The number of benzene rings is 1. The van der Waals surface area contributed by atoms with Crippen molar-refractivity contribution in [1.82, 2.24) is 0 Å². The van der Waals surface area contributed by atoms with Crippen LogP contribution in [-0.2, 0) is 5.54 Å². The van der Waals surface area contributed by atoms with Crippen molar-refractivity contribution in [1.29, 1.82) is 0 Å². The van der Waals surface area contributed by atoms with E-state index in [1.165, 1.54) is 6.07 Å². The first kappa shape index (κ1) is 10.8. The summed E-state index contributed by atoms with van der Waals surface area (Å²) in [4.78, 5) is 0. The van der Waals surface area contributed by atoms with Gasteiger partial charge in [0.2, 0.25) is 0 Å². The molecule has 0 aromatic heterocycles. The quantitative estimate of drug-likeness (QED) is 0.822. The lowest BCUT2D eigenvalue weighted by atomic mass is 9.89. The van der Waals surface area contributed by atoms with E-state index in [9.17, 15) is 8.78 Å². The maximum Gasteiger partial charge on any atom is 0.586 e. The predicted molar refractivity (Wildman–Crippen MR) is 57.0 cm³/mol. The van der Waals surface area contributed by atoms with Gasteiger partial charge in [0.25, 0.3) is 0 Å². The topological polar surface area (TPSA) is 44.5 Å². The second-order valence-corrected chi connectivity index (χ2v) is 4.69. The number of rotatable bonds is 1. The molecule has 0 spiro atoms. The molecule has 1 heterocycles. The van der Waals surface area contributed by atoms with E-state index >= 15 is 0 Å². The molecule has 0 amide bonds. The molecule has 0 radical (unpaired) electrons. The van der Waals surface area contributed by atoms with E-state index in [0.29, 0.717) is 0 Å². The summed E-state index contributed by atoms with van der Waals surface area (Å²) >= 11 is 0. The van der Waals surface area contributed by atoms with Gasteiger partial charge in [-0.15, -0.1) is 8.78 Å². The fourth-order valence-electron chi connectivity index (χ4n) is 2.55. The number of fused-ring (bicyclic) bond motifs is 1. The van der Waals surface area contributed by atoms with Crippen molar-refractivity contribution >= 4 is 0 Å². The molecule has 1 aromatic rings. The number of alkyl halides is 2. The van der Waals surface area contributed by atoms with Crippen LogP contribution in [0.4, 0.5) is 8.78 Å². The van der Waals surface area contributed by atoms with Crippen LogP contribution in [0.1, 0.15) is 31.2 Å². The predicted octanol–water partition coefficient (Wildman–Crippen LogP) is 2.74.